The Bertz CT molecular complexity index is 480. The summed E-state index contributed by atoms with van der Waals surface area (Å²) in [6.45, 7) is 3.43. The van der Waals surface area contributed by atoms with E-state index in [1.807, 2.05) is 30.3 Å². The molecule has 2 aliphatic rings. The molecule has 0 saturated carbocycles. The quantitative estimate of drug-likeness (QED) is 0.879. The van der Waals surface area contributed by atoms with Gasteiger partial charge in [-0.1, -0.05) is 30.0 Å². The minimum Gasteiger partial charge on any atom is -0.394 e. The second kappa shape index (κ2) is 5.87. The molecular formula is C15H20O5S. The monoisotopic (exact) mass is 312 g/mol. The number of benzene rings is 1. The van der Waals surface area contributed by atoms with Crippen molar-refractivity contribution < 1.29 is 24.4 Å². The molecule has 1 aromatic rings. The molecule has 0 unspecified atom stereocenters. The number of aliphatic hydroxyl groups excluding tert-OH is 2. The Morgan fingerprint density at radius 2 is 1.81 bits per heavy atom. The second-order valence-electron chi connectivity index (χ2n) is 5.71. The average Bonchev–Trinajstić information content (AvgIpc) is 2.79. The number of rotatable bonds is 3. The highest BCUT2D eigenvalue weighted by Crippen LogP contribution is 2.41. The Labute approximate surface area is 128 Å². The minimum atomic E-state index is -0.815. The van der Waals surface area contributed by atoms with Crippen LogP contribution in [-0.4, -0.2) is 52.5 Å². The van der Waals surface area contributed by atoms with Gasteiger partial charge in [0, 0.05) is 4.90 Å². The van der Waals surface area contributed by atoms with E-state index in [1.165, 1.54) is 11.8 Å². The summed E-state index contributed by atoms with van der Waals surface area (Å²) < 4.78 is 17.4. The summed E-state index contributed by atoms with van der Waals surface area (Å²) in [6, 6.07) is 9.71. The minimum absolute atomic E-state index is 0.167. The van der Waals surface area contributed by atoms with Gasteiger partial charge in [-0.05, 0) is 26.0 Å². The number of thioether (sulfide) groups is 1. The van der Waals surface area contributed by atoms with E-state index < -0.39 is 35.6 Å². The van der Waals surface area contributed by atoms with Crippen LogP contribution < -0.4 is 0 Å². The van der Waals surface area contributed by atoms with Crippen molar-refractivity contribution in [2.24, 2.45) is 0 Å². The van der Waals surface area contributed by atoms with Crippen molar-refractivity contribution in [3.63, 3.8) is 0 Å². The van der Waals surface area contributed by atoms with Crippen LogP contribution in [0.15, 0.2) is 35.2 Å². The van der Waals surface area contributed by atoms with E-state index in [9.17, 15) is 10.2 Å². The van der Waals surface area contributed by atoms with Crippen molar-refractivity contribution in [1.29, 1.82) is 0 Å². The molecule has 2 fully saturated rings. The molecule has 5 nitrogen and oxygen atoms in total. The van der Waals surface area contributed by atoms with Gasteiger partial charge in [-0.15, -0.1) is 0 Å². The van der Waals surface area contributed by atoms with E-state index in [0.29, 0.717) is 0 Å². The summed E-state index contributed by atoms with van der Waals surface area (Å²) >= 11 is 1.42. The third-order valence-electron chi connectivity index (χ3n) is 3.63. The van der Waals surface area contributed by atoms with Gasteiger partial charge in [0.15, 0.2) is 5.79 Å². The van der Waals surface area contributed by atoms with Gasteiger partial charge in [0.25, 0.3) is 0 Å². The first kappa shape index (κ1) is 15.3. The topological polar surface area (TPSA) is 68.2 Å². The van der Waals surface area contributed by atoms with Gasteiger partial charge >= 0.3 is 0 Å². The van der Waals surface area contributed by atoms with Crippen LogP contribution in [0.5, 0.6) is 0 Å². The molecule has 0 bridgehead atoms. The van der Waals surface area contributed by atoms with Crippen LogP contribution in [0.2, 0.25) is 0 Å². The van der Waals surface area contributed by atoms with Crippen molar-refractivity contribution in [3.8, 4) is 0 Å². The smallest absolute Gasteiger partial charge is 0.164 e. The Morgan fingerprint density at radius 3 is 2.48 bits per heavy atom. The normalized spacial score (nSPS) is 38.2. The first-order chi connectivity index (χ1) is 10.00. The summed E-state index contributed by atoms with van der Waals surface area (Å²) in [5, 5.41) is 20.0. The molecule has 3 rings (SSSR count). The van der Waals surface area contributed by atoms with E-state index >= 15 is 0 Å². The van der Waals surface area contributed by atoms with Crippen LogP contribution in [0.4, 0.5) is 0 Å². The van der Waals surface area contributed by atoms with Crippen LogP contribution in [0.3, 0.4) is 0 Å². The lowest BCUT2D eigenvalue weighted by Crippen LogP contribution is -2.56. The van der Waals surface area contributed by atoms with Gasteiger partial charge in [0.05, 0.1) is 6.61 Å². The fourth-order valence-corrected chi connectivity index (χ4v) is 3.81. The van der Waals surface area contributed by atoms with Crippen LogP contribution in [0.25, 0.3) is 0 Å². The maximum atomic E-state index is 10.5. The highest BCUT2D eigenvalue weighted by atomic mass is 32.2. The van der Waals surface area contributed by atoms with E-state index in [-0.39, 0.29) is 6.61 Å². The zero-order chi connectivity index (χ0) is 15.0. The molecular weight excluding hydrogens is 292 g/mol. The van der Waals surface area contributed by atoms with Crippen molar-refractivity contribution in [2.75, 3.05) is 6.61 Å². The lowest BCUT2D eigenvalue weighted by Gasteiger charge is -2.39. The van der Waals surface area contributed by atoms with Crippen molar-refractivity contribution in [3.05, 3.63) is 30.3 Å². The summed E-state index contributed by atoms with van der Waals surface area (Å²) in [4.78, 5) is 0.995. The standard InChI is InChI=1S/C15H20O5S/c1-15(2)19-12-10(8-16)18-14(11(17)13(12)20-15)21-9-6-4-3-5-7-9/h3-7,10-14,16-17H,8H2,1-2H3/t10-,11-,12+,13-,14+/m1/s1. The van der Waals surface area contributed by atoms with Gasteiger partial charge in [-0.2, -0.15) is 0 Å². The predicted octanol–water partition coefficient (Wildman–Crippen LogP) is 1.38. The second-order valence-corrected chi connectivity index (χ2v) is 6.88. The van der Waals surface area contributed by atoms with Crippen LogP contribution in [0.1, 0.15) is 13.8 Å². The van der Waals surface area contributed by atoms with Crippen LogP contribution in [-0.2, 0) is 14.2 Å². The molecule has 0 spiro atoms. The van der Waals surface area contributed by atoms with E-state index in [2.05, 4.69) is 0 Å². The van der Waals surface area contributed by atoms with E-state index in [4.69, 9.17) is 14.2 Å². The maximum absolute atomic E-state index is 10.5. The number of ether oxygens (including phenoxy) is 3. The molecule has 21 heavy (non-hydrogen) atoms. The fraction of sp³-hybridized carbons (Fsp3) is 0.600. The molecule has 0 radical (unpaired) electrons. The van der Waals surface area contributed by atoms with Crippen molar-refractivity contribution in [2.45, 2.75) is 54.4 Å². The van der Waals surface area contributed by atoms with Crippen LogP contribution in [0, 0.1) is 0 Å². The predicted molar refractivity (Wildman–Crippen MR) is 77.9 cm³/mol. The Kier molecular flexibility index (Phi) is 4.27. The maximum Gasteiger partial charge on any atom is 0.164 e. The van der Waals surface area contributed by atoms with E-state index in [0.717, 1.165) is 4.90 Å². The molecule has 0 aliphatic carbocycles. The molecule has 2 saturated heterocycles. The lowest BCUT2D eigenvalue weighted by molar-refractivity contribution is -0.168. The van der Waals surface area contributed by atoms with E-state index in [1.54, 1.807) is 13.8 Å². The first-order valence-corrected chi connectivity index (χ1v) is 7.90. The summed E-state index contributed by atoms with van der Waals surface area (Å²) in [7, 11) is 0. The summed E-state index contributed by atoms with van der Waals surface area (Å²) in [5.41, 5.74) is -0.497. The molecule has 2 aliphatic heterocycles. The number of hydrogen-bond acceptors (Lipinski definition) is 6. The third kappa shape index (κ3) is 3.11. The van der Waals surface area contributed by atoms with Gasteiger partial charge in [0.1, 0.15) is 29.9 Å². The Balaban J connectivity index is 1.78. The summed E-state index contributed by atoms with van der Waals surface area (Å²) in [5.74, 6) is -0.778. The number of hydrogen-bond donors (Lipinski definition) is 2. The zero-order valence-electron chi connectivity index (χ0n) is 12.0. The third-order valence-corrected chi connectivity index (χ3v) is 4.80. The van der Waals surface area contributed by atoms with Gasteiger partial charge in [-0.25, -0.2) is 0 Å². The largest absolute Gasteiger partial charge is 0.394 e. The summed E-state index contributed by atoms with van der Waals surface area (Å²) in [6.07, 6.45) is -2.26. The van der Waals surface area contributed by atoms with Gasteiger partial charge in [-0.3, -0.25) is 0 Å². The Hall–Kier alpha value is -0.630. The fourth-order valence-electron chi connectivity index (χ4n) is 2.73. The molecule has 0 aromatic heterocycles. The molecule has 2 N–H and O–H groups in total. The number of aliphatic hydroxyl groups is 2. The van der Waals surface area contributed by atoms with Crippen molar-refractivity contribution in [1.82, 2.24) is 0 Å². The zero-order valence-corrected chi connectivity index (χ0v) is 12.8. The number of fused-ring (bicyclic) bond motifs is 1. The van der Waals surface area contributed by atoms with Gasteiger partial charge < -0.3 is 24.4 Å². The molecule has 0 amide bonds. The van der Waals surface area contributed by atoms with Crippen LogP contribution >= 0.6 is 11.8 Å². The molecule has 2 heterocycles. The molecule has 1 aromatic carbocycles. The van der Waals surface area contributed by atoms with Crippen molar-refractivity contribution >= 4 is 11.8 Å². The Morgan fingerprint density at radius 1 is 1.14 bits per heavy atom. The van der Waals surface area contributed by atoms with Gasteiger partial charge in [0.2, 0.25) is 0 Å². The highest BCUT2D eigenvalue weighted by molar-refractivity contribution is 7.99. The lowest BCUT2D eigenvalue weighted by atomic mass is 10.0. The molecule has 5 atom stereocenters. The first-order valence-electron chi connectivity index (χ1n) is 7.02. The average molecular weight is 312 g/mol. The molecule has 116 valence electrons. The molecule has 6 heteroatoms. The SMILES string of the molecule is CC1(C)O[C@@H]2[C@@H](O)[C@H](Sc3ccccc3)O[C@H](CO)[C@@H]2O1. The highest BCUT2D eigenvalue weighted by Gasteiger charge is 2.54.